The molecule has 0 aliphatic rings. The number of hydrogen-bond donors (Lipinski definition) is 1. The molecule has 21 heavy (non-hydrogen) atoms. The molecule has 2 aromatic rings. The zero-order valence-corrected chi connectivity index (χ0v) is 12.1. The molecule has 0 spiro atoms. The van der Waals surface area contributed by atoms with Crippen LogP contribution in [0.15, 0.2) is 18.2 Å². The second kappa shape index (κ2) is 6.07. The lowest BCUT2D eigenvalue weighted by Gasteiger charge is -2.08. The van der Waals surface area contributed by atoms with E-state index in [0.29, 0.717) is 16.6 Å². The van der Waals surface area contributed by atoms with Crippen molar-refractivity contribution in [2.24, 2.45) is 0 Å². The Hall–Kier alpha value is -1.54. The molecule has 2 rings (SSSR count). The van der Waals surface area contributed by atoms with E-state index < -0.39 is 17.6 Å². The zero-order chi connectivity index (χ0) is 15.6. The maximum absolute atomic E-state index is 13.2. The Morgan fingerprint density at radius 2 is 1.95 bits per heavy atom. The van der Waals surface area contributed by atoms with Crippen LogP contribution in [0, 0.1) is 5.82 Å². The molecular formula is C13H13F4N3S. The van der Waals surface area contributed by atoms with Crippen LogP contribution in [-0.2, 0) is 12.7 Å². The summed E-state index contributed by atoms with van der Waals surface area (Å²) in [5, 5.41) is 11.9. The van der Waals surface area contributed by atoms with Gasteiger partial charge in [-0.1, -0.05) is 25.2 Å². The topological polar surface area (TPSA) is 37.8 Å². The van der Waals surface area contributed by atoms with Gasteiger partial charge in [0.15, 0.2) is 0 Å². The van der Waals surface area contributed by atoms with Crippen LogP contribution in [0.2, 0.25) is 0 Å². The van der Waals surface area contributed by atoms with Gasteiger partial charge in [-0.05, 0) is 18.2 Å². The normalized spacial score (nSPS) is 12.1. The third-order valence-electron chi connectivity index (χ3n) is 2.65. The van der Waals surface area contributed by atoms with Gasteiger partial charge in [0.2, 0.25) is 0 Å². The predicted octanol–water partition coefficient (Wildman–Crippen LogP) is 3.86. The van der Waals surface area contributed by atoms with Crippen LogP contribution in [0.4, 0.5) is 17.6 Å². The number of rotatable bonds is 4. The van der Waals surface area contributed by atoms with Crippen molar-refractivity contribution >= 4 is 11.3 Å². The standard InChI is InChI=1S/C13H13F4N3S/c1-7(2)18-6-11-19-20-12(21-11)8-3-4-10(14)9(5-8)13(15,16)17/h3-5,7,18H,6H2,1-2H3. The van der Waals surface area contributed by atoms with Crippen molar-refractivity contribution in [2.75, 3.05) is 0 Å². The number of alkyl halides is 3. The van der Waals surface area contributed by atoms with Gasteiger partial charge >= 0.3 is 6.18 Å². The molecule has 0 unspecified atom stereocenters. The number of hydrogen-bond acceptors (Lipinski definition) is 4. The third-order valence-corrected chi connectivity index (χ3v) is 3.62. The van der Waals surface area contributed by atoms with E-state index >= 15 is 0 Å². The lowest BCUT2D eigenvalue weighted by Crippen LogP contribution is -2.21. The average Bonchev–Trinajstić information content (AvgIpc) is 2.84. The van der Waals surface area contributed by atoms with Crippen LogP contribution < -0.4 is 5.32 Å². The quantitative estimate of drug-likeness (QED) is 0.870. The summed E-state index contributed by atoms with van der Waals surface area (Å²) in [6, 6.07) is 3.09. The first-order chi connectivity index (χ1) is 9.77. The zero-order valence-electron chi connectivity index (χ0n) is 11.3. The van der Waals surface area contributed by atoms with Crippen molar-refractivity contribution in [1.82, 2.24) is 15.5 Å². The number of nitrogens with one attached hydrogen (secondary N) is 1. The van der Waals surface area contributed by atoms with Gasteiger partial charge in [-0.2, -0.15) is 13.2 Å². The van der Waals surface area contributed by atoms with Gasteiger partial charge in [0.1, 0.15) is 15.8 Å². The minimum absolute atomic E-state index is 0.206. The van der Waals surface area contributed by atoms with Crippen molar-refractivity contribution in [3.05, 3.63) is 34.6 Å². The number of nitrogens with zero attached hydrogens (tertiary/aromatic N) is 2. The lowest BCUT2D eigenvalue weighted by atomic mass is 10.1. The largest absolute Gasteiger partial charge is 0.419 e. The molecule has 0 saturated carbocycles. The Balaban J connectivity index is 2.26. The molecule has 0 bridgehead atoms. The highest BCUT2D eigenvalue weighted by atomic mass is 32.1. The van der Waals surface area contributed by atoms with Gasteiger partial charge < -0.3 is 5.32 Å². The molecule has 3 nitrogen and oxygen atoms in total. The van der Waals surface area contributed by atoms with E-state index in [1.807, 2.05) is 13.8 Å². The summed E-state index contributed by atoms with van der Waals surface area (Å²) in [5.41, 5.74) is -1.09. The average molecular weight is 319 g/mol. The third kappa shape index (κ3) is 3.98. The van der Waals surface area contributed by atoms with Crippen molar-refractivity contribution in [3.8, 4) is 10.6 Å². The summed E-state index contributed by atoms with van der Waals surface area (Å²) in [6.45, 7) is 4.43. The molecule has 0 aliphatic carbocycles. The van der Waals surface area contributed by atoms with Gasteiger partial charge in [0, 0.05) is 18.2 Å². The maximum atomic E-state index is 13.2. The summed E-state index contributed by atoms with van der Waals surface area (Å²) in [7, 11) is 0. The SMILES string of the molecule is CC(C)NCc1nnc(-c2ccc(F)c(C(F)(F)F)c2)s1. The second-order valence-corrected chi connectivity index (χ2v) is 5.79. The van der Waals surface area contributed by atoms with E-state index in [2.05, 4.69) is 15.5 Å². The van der Waals surface area contributed by atoms with Crippen LogP contribution in [0.5, 0.6) is 0 Å². The van der Waals surface area contributed by atoms with Gasteiger partial charge in [0.25, 0.3) is 0 Å². The highest BCUT2D eigenvalue weighted by Gasteiger charge is 2.34. The fraction of sp³-hybridized carbons (Fsp3) is 0.385. The van der Waals surface area contributed by atoms with Crippen molar-refractivity contribution < 1.29 is 17.6 Å². The second-order valence-electron chi connectivity index (χ2n) is 4.73. The summed E-state index contributed by atoms with van der Waals surface area (Å²) in [6.07, 6.45) is -4.73. The molecule has 0 atom stereocenters. The molecular weight excluding hydrogens is 306 g/mol. The number of halogens is 4. The van der Waals surface area contributed by atoms with E-state index in [-0.39, 0.29) is 11.6 Å². The van der Waals surface area contributed by atoms with Crippen LogP contribution in [0.3, 0.4) is 0 Å². The van der Waals surface area contributed by atoms with Crippen LogP contribution in [0.25, 0.3) is 10.6 Å². The van der Waals surface area contributed by atoms with Crippen molar-refractivity contribution in [3.63, 3.8) is 0 Å². The molecule has 0 radical (unpaired) electrons. The molecule has 0 saturated heterocycles. The van der Waals surface area contributed by atoms with Crippen molar-refractivity contribution in [1.29, 1.82) is 0 Å². The molecule has 0 aliphatic heterocycles. The molecule has 0 amide bonds. The number of benzene rings is 1. The van der Waals surface area contributed by atoms with E-state index in [1.165, 1.54) is 17.4 Å². The van der Waals surface area contributed by atoms with E-state index in [1.54, 1.807) is 0 Å². The molecule has 114 valence electrons. The van der Waals surface area contributed by atoms with Gasteiger partial charge in [-0.3, -0.25) is 0 Å². The summed E-state index contributed by atoms with van der Waals surface area (Å²) < 4.78 is 51.3. The summed E-state index contributed by atoms with van der Waals surface area (Å²) in [4.78, 5) is 0. The fourth-order valence-corrected chi connectivity index (χ4v) is 2.40. The van der Waals surface area contributed by atoms with E-state index in [9.17, 15) is 17.6 Å². The van der Waals surface area contributed by atoms with Gasteiger partial charge in [-0.25, -0.2) is 4.39 Å². The molecule has 1 aromatic carbocycles. The Morgan fingerprint density at radius 3 is 2.57 bits per heavy atom. The van der Waals surface area contributed by atoms with Crippen LogP contribution in [-0.4, -0.2) is 16.2 Å². The molecule has 0 fully saturated rings. The predicted molar refractivity (Wildman–Crippen MR) is 72.3 cm³/mol. The Labute approximate surface area is 123 Å². The first-order valence-electron chi connectivity index (χ1n) is 6.20. The first kappa shape index (κ1) is 15.8. The molecule has 1 heterocycles. The van der Waals surface area contributed by atoms with Crippen molar-refractivity contribution in [2.45, 2.75) is 32.6 Å². The number of aromatic nitrogens is 2. The van der Waals surface area contributed by atoms with E-state index in [0.717, 1.165) is 12.1 Å². The lowest BCUT2D eigenvalue weighted by molar-refractivity contribution is -0.139. The minimum atomic E-state index is -4.73. The highest BCUT2D eigenvalue weighted by Crippen LogP contribution is 2.34. The van der Waals surface area contributed by atoms with Gasteiger partial charge in [0.05, 0.1) is 5.56 Å². The summed E-state index contributed by atoms with van der Waals surface area (Å²) >= 11 is 1.18. The van der Waals surface area contributed by atoms with Crippen LogP contribution >= 0.6 is 11.3 Å². The minimum Gasteiger partial charge on any atom is -0.308 e. The Kier molecular flexibility index (Phi) is 4.58. The maximum Gasteiger partial charge on any atom is 0.419 e. The van der Waals surface area contributed by atoms with E-state index in [4.69, 9.17) is 0 Å². The summed E-state index contributed by atoms with van der Waals surface area (Å²) in [5.74, 6) is -1.29. The Morgan fingerprint density at radius 1 is 1.24 bits per heavy atom. The van der Waals surface area contributed by atoms with Crippen LogP contribution in [0.1, 0.15) is 24.4 Å². The fourth-order valence-electron chi connectivity index (χ4n) is 1.61. The molecule has 1 N–H and O–H groups in total. The monoisotopic (exact) mass is 319 g/mol. The smallest absolute Gasteiger partial charge is 0.308 e. The Bertz CT molecular complexity index is 622. The highest BCUT2D eigenvalue weighted by molar-refractivity contribution is 7.14. The first-order valence-corrected chi connectivity index (χ1v) is 7.02. The van der Waals surface area contributed by atoms with Gasteiger partial charge in [-0.15, -0.1) is 10.2 Å². The molecule has 1 aromatic heterocycles. The molecule has 8 heteroatoms.